The third kappa shape index (κ3) is 2.51. The van der Waals surface area contributed by atoms with Crippen molar-refractivity contribution in [3.8, 4) is 0 Å². The van der Waals surface area contributed by atoms with E-state index in [1.54, 1.807) is 0 Å². The van der Waals surface area contributed by atoms with Crippen molar-refractivity contribution >= 4 is 27.5 Å². The van der Waals surface area contributed by atoms with E-state index in [0.717, 1.165) is 34.7 Å². The fraction of sp³-hybridized carbons (Fsp3) is 0.700. The van der Waals surface area contributed by atoms with Crippen LogP contribution < -0.4 is 0 Å². The van der Waals surface area contributed by atoms with Crippen molar-refractivity contribution in [2.24, 2.45) is 5.92 Å². The first-order valence-electron chi connectivity index (χ1n) is 4.85. The SMILES string of the molecule is CCC(CBr)Cn1nc(C)c(Cl)c1C. The van der Waals surface area contributed by atoms with Crippen molar-refractivity contribution in [3.05, 3.63) is 16.4 Å². The monoisotopic (exact) mass is 278 g/mol. The number of rotatable bonds is 4. The minimum absolute atomic E-state index is 0.629. The summed E-state index contributed by atoms with van der Waals surface area (Å²) in [6.45, 7) is 7.10. The second-order valence-corrected chi connectivity index (χ2v) is 4.62. The van der Waals surface area contributed by atoms with E-state index in [9.17, 15) is 0 Å². The molecule has 0 fully saturated rings. The van der Waals surface area contributed by atoms with Crippen LogP contribution >= 0.6 is 27.5 Å². The first kappa shape index (κ1) is 12.1. The Morgan fingerprint density at radius 2 is 2.14 bits per heavy atom. The average Bonchev–Trinajstić information content (AvgIpc) is 2.42. The molecule has 0 amide bonds. The first-order valence-corrected chi connectivity index (χ1v) is 6.35. The number of nitrogens with zero attached hydrogens (tertiary/aromatic N) is 2. The summed E-state index contributed by atoms with van der Waals surface area (Å²) in [5.74, 6) is 0.629. The number of hydrogen-bond acceptors (Lipinski definition) is 1. The molecule has 0 spiro atoms. The molecule has 2 nitrogen and oxygen atoms in total. The smallest absolute Gasteiger partial charge is 0.0844 e. The summed E-state index contributed by atoms with van der Waals surface area (Å²) in [5, 5.41) is 6.22. The van der Waals surface area contributed by atoms with E-state index >= 15 is 0 Å². The van der Waals surface area contributed by atoms with Gasteiger partial charge >= 0.3 is 0 Å². The zero-order chi connectivity index (χ0) is 10.7. The van der Waals surface area contributed by atoms with Crippen LogP contribution in [0.15, 0.2) is 0 Å². The van der Waals surface area contributed by atoms with Crippen molar-refractivity contribution in [1.82, 2.24) is 9.78 Å². The van der Waals surface area contributed by atoms with E-state index in [4.69, 9.17) is 11.6 Å². The van der Waals surface area contributed by atoms with Gasteiger partial charge in [-0.1, -0.05) is 40.9 Å². The Kier molecular flexibility index (Phi) is 4.45. The molecule has 80 valence electrons. The Bertz CT molecular complexity index is 305. The molecule has 0 radical (unpaired) electrons. The molecule has 1 rings (SSSR count). The van der Waals surface area contributed by atoms with Gasteiger partial charge in [-0.3, -0.25) is 4.68 Å². The van der Waals surface area contributed by atoms with E-state index in [2.05, 4.69) is 28.0 Å². The highest BCUT2D eigenvalue weighted by atomic mass is 79.9. The molecule has 0 aliphatic carbocycles. The van der Waals surface area contributed by atoms with E-state index < -0.39 is 0 Å². The van der Waals surface area contributed by atoms with Gasteiger partial charge in [0.1, 0.15) is 0 Å². The van der Waals surface area contributed by atoms with Gasteiger partial charge in [-0.2, -0.15) is 5.10 Å². The van der Waals surface area contributed by atoms with E-state index in [1.807, 2.05) is 18.5 Å². The van der Waals surface area contributed by atoms with Crippen LogP contribution in [0.2, 0.25) is 5.02 Å². The molecule has 1 aromatic heterocycles. The molecule has 4 heteroatoms. The van der Waals surface area contributed by atoms with Gasteiger partial charge in [0.25, 0.3) is 0 Å². The van der Waals surface area contributed by atoms with Gasteiger partial charge in [-0.25, -0.2) is 0 Å². The lowest BCUT2D eigenvalue weighted by Crippen LogP contribution is -2.13. The quantitative estimate of drug-likeness (QED) is 0.771. The Hall–Kier alpha value is -0.0200. The Labute approximate surface area is 98.8 Å². The second-order valence-electron chi connectivity index (χ2n) is 3.60. The Morgan fingerprint density at radius 1 is 1.50 bits per heavy atom. The van der Waals surface area contributed by atoms with Crippen LogP contribution in [-0.2, 0) is 6.54 Å². The van der Waals surface area contributed by atoms with Crippen LogP contribution in [0.5, 0.6) is 0 Å². The standard InChI is InChI=1S/C10H16BrClN2/c1-4-9(5-11)6-14-8(3)10(12)7(2)13-14/h9H,4-6H2,1-3H3. The molecule has 0 aliphatic rings. The van der Waals surface area contributed by atoms with Gasteiger partial charge in [0, 0.05) is 11.9 Å². The van der Waals surface area contributed by atoms with E-state index in [1.165, 1.54) is 0 Å². The normalized spacial score (nSPS) is 13.2. The molecule has 0 N–H and O–H groups in total. The second kappa shape index (κ2) is 5.17. The van der Waals surface area contributed by atoms with Crippen LogP contribution in [0.3, 0.4) is 0 Å². The van der Waals surface area contributed by atoms with Crippen molar-refractivity contribution in [1.29, 1.82) is 0 Å². The van der Waals surface area contributed by atoms with Gasteiger partial charge in [0.15, 0.2) is 0 Å². The topological polar surface area (TPSA) is 17.8 Å². The summed E-state index contributed by atoms with van der Waals surface area (Å²) in [4.78, 5) is 0. The summed E-state index contributed by atoms with van der Waals surface area (Å²) in [7, 11) is 0. The fourth-order valence-electron chi connectivity index (χ4n) is 1.38. The molecule has 0 saturated heterocycles. The lowest BCUT2D eigenvalue weighted by molar-refractivity contribution is 0.439. The molecule has 1 heterocycles. The lowest BCUT2D eigenvalue weighted by atomic mass is 10.1. The molecule has 0 bridgehead atoms. The minimum Gasteiger partial charge on any atom is -0.268 e. The highest BCUT2D eigenvalue weighted by Gasteiger charge is 2.12. The molecule has 0 aromatic carbocycles. The molecule has 1 atom stereocenters. The third-order valence-corrected chi connectivity index (χ3v) is 3.98. The summed E-state index contributed by atoms with van der Waals surface area (Å²) in [5.41, 5.74) is 2.00. The van der Waals surface area contributed by atoms with E-state index in [-0.39, 0.29) is 0 Å². The van der Waals surface area contributed by atoms with Crippen LogP contribution in [-0.4, -0.2) is 15.1 Å². The number of aryl methyl sites for hydroxylation is 1. The zero-order valence-electron chi connectivity index (χ0n) is 8.85. The zero-order valence-corrected chi connectivity index (χ0v) is 11.2. The van der Waals surface area contributed by atoms with Crippen LogP contribution in [0.4, 0.5) is 0 Å². The first-order chi connectivity index (χ1) is 6.60. The Balaban J connectivity index is 2.81. The molecular weight excluding hydrogens is 263 g/mol. The van der Waals surface area contributed by atoms with Gasteiger partial charge in [0.05, 0.1) is 16.4 Å². The van der Waals surface area contributed by atoms with Crippen LogP contribution in [0, 0.1) is 19.8 Å². The van der Waals surface area contributed by atoms with Gasteiger partial charge < -0.3 is 0 Å². The van der Waals surface area contributed by atoms with Crippen molar-refractivity contribution in [3.63, 3.8) is 0 Å². The molecule has 1 unspecified atom stereocenters. The number of halogens is 2. The minimum atomic E-state index is 0.629. The summed E-state index contributed by atoms with van der Waals surface area (Å²) in [6.07, 6.45) is 1.15. The van der Waals surface area contributed by atoms with Crippen molar-refractivity contribution < 1.29 is 0 Å². The van der Waals surface area contributed by atoms with Crippen LogP contribution in [0.25, 0.3) is 0 Å². The highest BCUT2D eigenvalue weighted by molar-refractivity contribution is 9.09. The summed E-state index contributed by atoms with van der Waals surface area (Å²) < 4.78 is 2.01. The molecule has 0 saturated carbocycles. The Morgan fingerprint density at radius 3 is 2.50 bits per heavy atom. The maximum Gasteiger partial charge on any atom is 0.0844 e. The van der Waals surface area contributed by atoms with Crippen LogP contribution in [0.1, 0.15) is 24.7 Å². The fourth-order valence-corrected chi connectivity index (χ4v) is 2.18. The predicted molar refractivity (Wildman–Crippen MR) is 64.3 cm³/mol. The number of alkyl halides is 1. The lowest BCUT2D eigenvalue weighted by Gasteiger charge is -2.12. The van der Waals surface area contributed by atoms with Crippen molar-refractivity contribution in [2.45, 2.75) is 33.7 Å². The summed E-state index contributed by atoms with van der Waals surface area (Å²) >= 11 is 9.58. The average molecular weight is 280 g/mol. The summed E-state index contributed by atoms with van der Waals surface area (Å²) in [6, 6.07) is 0. The van der Waals surface area contributed by atoms with Crippen molar-refractivity contribution in [2.75, 3.05) is 5.33 Å². The molecular formula is C10H16BrClN2. The van der Waals surface area contributed by atoms with E-state index in [0.29, 0.717) is 5.92 Å². The molecule has 1 aromatic rings. The largest absolute Gasteiger partial charge is 0.268 e. The number of aromatic nitrogens is 2. The maximum atomic E-state index is 6.07. The highest BCUT2D eigenvalue weighted by Crippen LogP contribution is 2.20. The number of hydrogen-bond donors (Lipinski definition) is 0. The van der Waals surface area contributed by atoms with Gasteiger partial charge in [-0.15, -0.1) is 0 Å². The van der Waals surface area contributed by atoms with Gasteiger partial charge in [-0.05, 0) is 19.8 Å². The molecule has 14 heavy (non-hydrogen) atoms. The van der Waals surface area contributed by atoms with Gasteiger partial charge in [0.2, 0.25) is 0 Å². The maximum absolute atomic E-state index is 6.07. The third-order valence-electron chi connectivity index (χ3n) is 2.52. The predicted octanol–water partition coefficient (Wildman–Crippen LogP) is 3.57. The molecule has 0 aliphatic heterocycles.